The molecule has 0 saturated carbocycles. The van der Waals surface area contributed by atoms with Gasteiger partial charge in [0.2, 0.25) is 6.41 Å². The van der Waals surface area contributed by atoms with Crippen molar-refractivity contribution in [3.05, 3.63) is 78.1 Å². The number of fused-ring (bicyclic) bond motifs is 1. The van der Waals surface area contributed by atoms with Crippen LogP contribution in [-0.2, 0) is 4.79 Å². The predicted octanol–water partition coefficient (Wildman–Crippen LogP) is 5.34. The van der Waals surface area contributed by atoms with Gasteiger partial charge >= 0.3 is 0 Å². The molecule has 2 heterocycles. The first kappa shape index (κ1) is 21.6. The molecule has 4 aromatic rings. The molecule has 0 bridgehead atoms. The molecule has 0 fully saturated rings. The second-order valence-electron chi connectivity index (χ2n) is 7.45. The molecule has 2 aromatic carbocycles. The fourth-order valence-electron chi connectivity index (χ4n) is 3.52. The van der Waals surface area contributed by atoms with Crippen molar-refractivity contribution in [2.75, 3.05) is 30.4 Å². The number of halogens is 1. The Morgan fingerprint density at radius 1 is 1.00 bits per heavy atom. The SMILES string of the molecule is C=CCN(C=O)c1ncnc2nc(-c3ccc(Br)cc3)cc(-c3ccc(N(C)C)cc3)c12. The largest absolute Gasteiger partial charge is 0.378 e. The summed E-state index contributed by atoms with van der Waals surface area (Å²) in [5.74, 6) is 0.506. The number of hydrogen-bond acceptors (Lipinski definition) is 5. The van der Waals surface area contributed by atoms with Crippen LogP contribution in [0.4, 0.5) is 11.5 Å². The number of pyridine rings is 1. The van der Waals surface area contributed by atoms with Crippen LogP contribution in [0, 0.1) is 0 Å². The van der Waals surface area contributed by atoms with E-state index in [0.29, 0.717) is 18.0 Å². The lowest BCUT2D eigenvalue weighted by atomic mass is 9.99. The third-order valence-corrected chi connectivity index (χ3v) is 5.67. The van der Waals surface area contributed by atoms with Gasteiger partial charge in [0.15, 0.2) is 5.65 Å². The second kappa shape index (κ2) is 9.28. The third kappa shape index (κ3) is 4.24. The normalized spacial score (nSPS) is 10.7. The molecular formula is C25H22BrN5O. The van der Waals surface area contributed by atoms with Crippen LogP contribution >= 0.6 is 15.9 Å². The van der Waals surface area contributed by atoms with E-state index < -0.39 is 0 Å². The van der Waals surface area contributed by atoms with Crippen LogP contribution in [0.15, 0.2) is 78.1 Å². The summed E-state index contributed by atoms with van der Waals surface area (Å²) < 4.78 is 0.997. The van der Waals surface area contributed by atoms with Crippen molar-refractivity contribution in [3.63, 3.8) is 0 Å². The first-order valence-electron chi connectivity index (χ1n) is 10.0. The number of rotatable bonds is 7. The fraction of sp³-hybridized carbons (Fsp3) is 0.120. The minimum absolute atomic E-state index is 0.336. The smallest absolute Gasteiger partial charge is 0.215 e. The molecule has 0 unspecified atom stereocenters. The molecule has 0 N–H and O–H groups in total. The lowest BCUT2D eigenvalue weighted by molar-refractivity contribution is -0.107. The Morgan fingerprint density at radius 3 is 2.31 bits per heavy atom. The second-order valence-corrected chi connectivity index (χ2v) is 8.36. The van der Waals surface area contributed by atoms with E-state index in [9.17, 15) is 4.79 Å². The molecule has 1 amide bonds. The van der Waals surface area contributed by atoms with E-state index >= 15 is 0 Å². The standard InChI is InChI=1S/C25H22BrN5O/c1-4-13-31(16-32)25-23-21(17-7-11-20(12-8-17)30(2)3)14-22(29-24(23)27-15-28-25)18-5-9-19(26)10-6-18/h4-12,14-16H,1,13H2,2-3H3. The number of hydrogen-bond donors (Lipinski definition) is 0. The van der Waals surface area contributed by atoms with Gasteiger partial charge in [0.1, 0.15) is 12.1 Å². The minimum atomic E-state index is 0.336. The summed E-state index contributed by atoms with van der Waals surface area (Å²) in [6.07, 6.45) is 3.86. The zero-order valence-electron chi connectivity index (χ0n) is 17.9. The Bertz CT molecular complexity index is 1270. The first-order chi connectivity index (χ1) is 15.5. The van der Waals surface area contributed by atoms with Crippen molar-refractivity contribution in [1.29, 1.82) is 0 Å². The van der Waals surface area contributed by atoms with Gasteiger partial charge in [0.05, 0.1) is 11.1 Å². The molecule has 0 saturated heterocycles. The molecule has 2 aromatic heterocycles. The Labute approximate surface area is 195 Å². The highest BCUT2D eigenvalue weighted by atomic mass is 79.9. The molecule has 7 heteroatoms. The number of carbonyl (C=O) groups is 1. The summed E-state index contributed by atoms with van der Waals surface area (Å²) >= 11 is 3.48. The number of aromatic nitrogens is 3. The molecule has 0 aliphatic heterocycles. The number of nitrogens with zero attached hydrogens (tertiary/aromatic N) is 5. The highest BCUT2D eigenvalue weighted by molar-refractivity contribution is 9.10. The molecule has 0 aliphatic carbocycles. The van der Waals surface area contributed by atoms with E-state index in [4.69, 9.17) is 4.98 Å². The monoisotopic (exact) mass is 487 g/mol. The maximum Gasteiger partial charge on any atom is 0.215 e. The van der Waals surface area contributed by atoms with Crippen LogP contribution in [0.25, 0.3) is 33.4 Å². The van der Waals surface area contributed by atoms with Gasteiger partial charge in [-0.15, -0.1) is 6.58 Å². The molecule has 32 heavy (non-hydrogen) atoms. The summed E-state index contributed by atoms with van der Waals surface area (Å²) in [5, 5.41) is 0.722. The van der Waals surface area contributed by atoms with E-state index in [-0.39, 0.29) is 0 Å². The number of amides is 1. The molecule has 160 valence electrons. The van der Waals surface area contributed by atoms with Gasteiger partial charge < -0.3 is 4.90 Å². The Kier molecular flexibility index (Phi) is 6.28. The van der Waals surface area contributed by atoms with Gasteiger partial charge in [-0.1, -0.05) is 46.3 Å². The average molecular weight is 488 g/mol. The molecule has 0 atom stereocenters. The Hall–Kier alpha value is -3.58. The molecule has 4 rings (SSSR count). The van der Waals surface area contributed by atoms with E-state index in [2.05, 4.69) is 61.6 Å². The topological polar surface area (TPSA) is 62.2 Å². The maximum atomic E-state index is 11.8. The summed E-state index contributed by atoms with van der Waals surface area (Å²) in [4.78, 5) is 29.0. The van der Waals surface area contributed by atoms with Gasteiger partial charge in [-0.2, -0.15) is 0 Å². The van der Waals surface area contributed by atoms with Crippen LogP contribution in [-0.4, -0.2) is 42.0 Å². The summed E-state index contributed by atoms with van der Waals surface area (Å²) in [5.41, 5.74) is 5.28. The number of benzene rings is 2. The van der Waals surface area contributed by atoms with Crippen molar-refractivity contribution in [3.8, 4) is 22.4 Å². The van der Waals surface area contributed by atoms with Crippen LogP contribution in [0.1, 0.15) is 0 Å². The fourth-order valence-corrected chi connectivity index (χ4v) is 3.78. The molecule has 0 aliphatic rings. The average Bonchev–Trinajstić information content (AvgIpc) is 2.82. The van der Waals surface area contributed by atoms with Crippen molar-refractivity contribution in [1.82, 2.24) is 15.0 Å². The van der Waals surface area contributed by atoms with Crippen molar-refractivity contribution >= 4 is 44.9 Å². The summed E-state index contributed by atoms with van der Waals surface area (Å²) in [6.45, 7) is 4.09. The lowest BCUT2D eigenvalue weighted by Crippen LogP contribution is -2.22. The lowest BCUT2D eigenvalue weighted by Gasteiger charge is -2.19. The van der Waals surface area contributed by atoms with Gasteiger partial charge in [-0.05, 0) is 41.5 Å². The quantitative estimate of drug-likeness (QED) is 0.260. The van der Waals surface area contributed by atoms with Crippen LogP contribution in [0.2, 0.25) is 0 Å². The highest BCUT2D eigenvalue weighted by Gasteiger charge is 2.18. The van der Waals surface area contributed by atoms with Gasteiger partial charge in [0.25, 0.3) is 0 Å². The minimum Gasteiger partial charge on any atom is -0.378 e. The summed E-state index contributed by atoms with van der Waals surface area (Å²) in [6, 6.07) is 18.3. The number of carbonyl (C=O) groups excluding carboxylic acids is 1. The van der Waals surface area contributed by atoms with E-state index in [0.717, 1.165) is 44.3 Å². The zero-order valence-corrected chi connectivity index (χ0v) is 19.5. The summed E-state index contributed by atoms with van der Waals surface area (Å²) in [7, 11) is 4.01. The molecule has 0 spiro atoms. The molecule has 6 nitrogen and oxygen atoms in total. The predicted molar refractivity (Wildman–Crippen MR) is 134 cm³/mol. The van der Waals surface area contributed by atoms with Gasteiger partial charge in [-0.3, -0.25) is 9.69 Å². The van der Waals surface area contributed by atoms with Crippen LogP contribution < -0.4 is 9.80 Å². The van der Waals surface area contributed by atoms with Gasteiger partial charge in [-0.25, -0.2) is 15.0 Å². The first-order valence-corrected chi connectivity index (χ1v) is 10.8. The van der Waals surface area contributed by atoms with Crippen LogP contribution in [0.5, 0.6) is 0 Å². The third-order valence-electron chi connectivity index (χ3n) is 5.14. The van der Waals surface area contributed by atoms with Crippen molar-refractivity contribution in [2.24, 2.45) is 0 Å². The molecular weight excluding hydrogens is 466 g/mol. The van der Waals surface area contributed by atoms with Crippen LogP contribution in [0.3, 0.4) is 0 Å². The van der Waals surface area contributed by atoms with Crippen molar-refractivity contribution in [2.45, 2.75) is 0 Å². The maximum absolute atomic E-state index is 11.8. The Balaban J connectivity index is 2.00. The van der Waals surface area contributed by atoms with E-state index in [1.807, 2.05) is 44.4 Å². The highest BCUT2D eigenvalue weighted by Crippen LogP contribution is 2.36. The Morgan fingerprint density at radius 2 is 1.69 bits per heavy atom. The number of anilines is 2. The van der Waals surface area contributed by atoms with Gasteiger partial charge in [0, 0.05) is 36.4 Å². The zero-order chi connectivity index (χ0) is 22.7. The van der Waals surface area contributed by atoms with Crippen molar-refractivity contribution < 1.29 is 4.79 Å². The molecule has 0 radical (unpaired) electrons. The van der Waals surface area contributed by atoms with E-state index in [1.165, 1.54) is 11.2 Å². The van der Waals surface area contributed by atoms with E-state index in [1.54, 1.807) is 6.08 Å².